The highest BCUT2D eigenvalue weighted by Gasteiger charge is 2.67. The summed E-state index contributed by atoms with van der Waals surface area (Å²) < 4.78 is 6.11. The summed E-state index contributed by atoms with van der Waals surface area (Å²) in [5.74, 6) is -4.63. The molecule has 3 saturated heterocycles. The Balaban J connectivity index is 1.21. The lowest BCUT2D eigenvalue weighted by Gasteiger charge is -2.44. The van der Waals surface area contributed by atoms with Crippen LogP contribution in [0, 0.1) is 23.7 Å². The van der Waals surface area contributed by atoms with Crippen molar-refractivity contribution in [3.8, 4) is 5.75 Å². The number of aromatic hydroxyl groups is 1. The van der Waals surface area contributed by atoms with Crippen molar-refractivity contribution in [2.75, 3.05) is 19.7 Å². The summed E-state index contributed by atoms with van der Waals surface area (Å²) in [6.45, 7) is 2.11. The average Bonchev–Trinajstić information content (AvgIpc) is 3.38. The van der Waals surface area contributed by atoms with Gasteiger partial charge < -0.3 is 20.1 Å². The maximum atomic E-state index is 13.8. The van der Waals surface area contributed by atoms with Crippen LogP contribution < -0.4 is 0 Å². The van der Waals surface area contributed by atoms with Crippen LogP contribution in [0.1, 0.15) is 42.9 Å². The Bertz CT molecular complexity index is 1170. The number of phenols is 1. The molecule has 2 aromatic carbocycles. The number of para-hydroxylation sites is 1. The van der Waals surface area contributed by atoms with Crippen LogP contribution in [0.25, 0.3) is 0 Å². The van der Waals surface area contributed by atoms with Crippen LogP contribution in [-0.2, 0) is 20.9 Å². The number of imide groups is 1. The number of carbonyl (C=O) groups excluding carboxylic acids is 2. The lowest BCUT2D eigenvalue weighted by molar-refractivity contribution is -0.274. The van der Waals surface area contributed by atoms with E-state index in [-0.39, 0.29) is 36.6 Å². The third-order valence-electron chi connectivity index (χ3n) is 9.07. The van der Waals surface area contributed by atoms with Gasteiger partial charge in [0.1, 0.15) is 5.75 Å². The van der Waals surface area contributed by atoms with Gasteiger partial charge in [-0.1, -0.05) is 48.5 Å². The monoisotopic (exact) mass is 506 g/mol. The summed E-state index contributed by atoms with van der Waals surface area (Å²) in [4.78, 5) is 31.3. The van der Waals surface area contributed by atoms with E-state index in [0.29, 0.717) is 12.0 Å². The van der Waals surface area contributed by atoms with E-state index in [1.165, 1.54) is 10.5 Å². The molecular formula is C29H34N2O6. The van der Waals surface area contributed by atoms with E-state index in [1.54, 1.807) is 24.3 Å². The quantitative estimate of drug-likeness (QED) is 0.534. The SMILES string of the molecule is O=C1[C@H]2[C@H](C[C@H](CO)[C@@]3(O)O[C@H](c4ccccc4O)C[C@@H]23)C(=O)N1C1CCN(Cc2ccccc2)CC1. The number of aliphatic hydroxyl groups is 2. The maximum Gasteiger partial charge on any atom is 0.233 e. The van der Waals surface area contributed by atoms with Crippen LogP contribution in [0.5, 0.6) is 5.75 Å². The second kappa shape index (κ2) is 9.51. The van der Waals surface area contributed by atoms with Crippen molar-refractivity contribution in [3.63, 3.8) is 0 Å². The van der Waals surface area contributed by atoms with Gasteiger partial charge in [0.25, 0.3) is 0 Å². The van der Waals surface area contributed by atoms with Crippen molar-refractivity contribution in [1.82, 2.24) is 9.80 Å². The molecule has 0 aromatic heterocycles. The van der Waals surface area contributed by atoms with Gasteiger partial charge in [-0.05, 0) is 37.3 Å². The van der Waals surface area contributed by atoms with Crippen LogP contribution in [-0.4, -0.2) is 68.5 Å². The van der Waals surface area contributed by atoms with Crippen LogP contribution in [0.3, 0.4) is 0 Å². The predicted molar refractivity (Wildman–Crippen MR) is 134 cm³/mol. The van der Waals surface area contributed by atoms with E-state index in [2.05, 4.69) is 17.0 Å². The van der Waals surface area contributed by atoms with Gasteiger partial charge in [0.05, 0.1) is 24.5 Å². The number of phenolic OH excluding ortho intramolecular Hbond substituents is 1. The number of nitrogens with zero attached hydrogens (tertiary/aromatic N) is 2. The van der Waals surface area contributed by atoms with E-state index in [9.17, 15) is 24.9 Å². The van der Waals surface area contributed by atoms with Crippen molar-refractivity contribution in [3.05, 3.63) is 65.7 Å². The Morgan fingerprint density at radius 2 is 1.65 bits per heavy atom. The highest BCUT2D eigenvalue weighted by Crippen LogP contribution is 2.59. The number of rotatable bonds is 5. The molecule has 3 N–H and O–H groups in total. The molecule has 4 fully saturated rings. The Morgan fingerprint density at radius 1 is 0.946 bits per heavy atom. The Labute approximate surface area is 216 Å². The molecule has 1 saturated carbocycles. The molecule has 196 valence electrons. The fraction of sp³-hybridized carbons (Fsp3) is 0.517. The van der Waals surface area contributed by atoms with Gasteiger partial charge in [0.15, 0.2) is 5.79 Å². The van der Waals surface area contributed by atoms with E-state index in [4.69, 9.17) is 4.74 Å². The van der Waals surface area contributed by atoms with Gasteiger partial charge in [-0.2, -0.15) is 0 Å². The fourth-order valence-corrected chi connectivity index (χ4v) is 7.21. The third kappa shape index (κ3) is 4.07. The first kappa shape index (κ1) is 24.6. The molecule has 3 aliphatic heterocycles. The number of aliphatic hydroxyl groups excluding tert-OH is 1. The van der Waals surface area contributed by atoms with Crippen molar-refractivity contribution >= 4 is 11.8 Å². The standard InChI is InChI=1S/C29H34N2O6/c32-17-19-14-22-26(23-15-25(37-29(19,23)36)21-8-4-5-9-24(21)33)28(35)31(27(22)34)20-10-12-30(13-11-20)16-18-6-2-1-3-7-18/h1-9,19-20,22-23,25-26,32-33,36H,10-17H2/t19-,22+,23+,25+,26+,29-/m1/s1. The number of amides is 2. The molecule has 8 nitrogen and oxygen atoms in total. The smallest absolute Gasteiger partial charge is 0.233 e. The van der Waals surface area contributed by atoms with Crippen LogP contribution >= 0.6 is 0 Å². The van der Waals surface area contributed by atoms with Crippen LogP contribution in [0.4, 0.5) is 0 Å². The molecule has 4 aliphatic rings. The number of carbonyl (C=O) groups is 2. The average molecular weight is 507 g/mol. The molecule has 1 aliphatic carbocycles. The molecule has 37 heavy (non-hydrogen) atoms. The predicted octanol–water partition coefficient (Wildman–Crippen LogP) is 2.44. The summed E-state index contributed by atoms with van der Waals surface area (Å²) in [5.41, 5.74) is 1.79. The number of ether oxygens (including phenoxy) is 1. The van der Waals surface area contributed by atoms with Gasteiger partial charge in [0.2, 0.25) is 11.8 Å². The molecule has 3 heterocycles. The van der Waals surface area contributed by atoms with E-state index < -0.39 is 35.6 Å². The largest absolute Gasteiger partial charge is 0.508 e. The van der Waals surface area contributed by atoms with Crippen LogP contribution in [0.2, 0.25) is 0 Å². The molecule has 6 rings (SSSR count). The lowest BCUT2D eigenvalue weighted by Crippen LogP contribution is -2.54. The number of piperidine rings is 1. The maximum absolute atomic E-state index is 13.8. The molecule has 2 aromatic rings. The van der Waals surface area contributed by atoms with Crippen molar-refractivity contribution < 1.29 is 29.6 Å². The highest BCUT2D eigenvalue weighted by molar-refractivity contribution is 6.05. The topological polar surface area (TPSA) is 111 Å². The number of hydrogen-bond acceptors (Lipinski definition) is 7. The molecule has 0 unspecified atom stereocenters. The minimum absolute atomic E-state index is 0.0598. The fourth-order valence-electron chi connectivity index (χ4n) is 7.21. The zero-order chi connectivity index (χ0) is 25.7. The van der Waals surface area contributed by atoms with Crippen LogP contribution in [0.15, 0.2) is 54.6 Å². The molecule has 0 spiro atoms. The minimum atomic E-state index is -1.73. The normalized spacial score (nSPS) is 34.5. The summed E-state index contributed by atoms with van der Waals surface area (Å²) in [7, 11) is 0. The molecule has 0 radical (unpaired) electrons. The molecular weight excluding hydrogens is 472 g/mol. The number of benzene rings is 2. The summed E-state index contributed by atoms with van der Waals surface area (Å²) in [5, 5.41) is 32.2. The summed E-state index contributed by atoms with van der Waals surface area (Å²) >= 11 is 0. The van der Waals surface area contributed by atoms with Gasteiger partial charge >= 0.3 is 0 Å². The number of likely N-dealkylation sites (tertiary alicyclic amines) is 2. The summed E-state index contributed by atoms with van der Waals surface area (Å²) in [6, 6.07) is 16.9. The molecule has 2 amide bonds. The minimum Gasteiger partial charge on any atom is -0.508 e. The Morgan fingerprint density at radius 3 is 2.35 bits per heavy atom. The van der Waals surface area contributed by atoms with Gasteiger partial charge in [0, 0.05) is 43.1 Å². The van der Waals surface area contributed by atoms with Gasteiger partial charge in [-0.15, -0.1) is 0 Å². The zero-order valence-electron chi connectivity index (χ0n) is 20.8. The summed E-state index contributed by atoms with van der Waals surface area (Å²) in [6.07, 6.45) is 1.32. The van der Waals surface area contributed by atoms with E-state index in [1.807, 2.05) is 18.2 Å². The van der Waals surface area contributed by atoms with E-state index >= 15 is 0 Å². The molecule has 8 heteroatoms. The highest BCUT2D eigenvalue weighted by atomic mass is 16.6. The first-order chi connectivity index (χ1) is 17.9. The van der Waals surface area contributed by atoms with E-state index in [0.717, 1.165) is 32.5 Å². The lowest BCUT2D eigenvalue weighted by atomic mass is 9.64. The second-order valence-electron chi connectivity index (χ2n) is 11.0. The van der Waals surface area contributed by atoms with Gasteiger partial charge in [-0.3, -0.25) is 19.4 Å². The molecule has 0 bridgehead atoms. The zero-order valence-corrected chi connectivity index (χ0v) is 20.8. The third-order valence-corrected chi connectivity index (χ3v) is 9.07. The first-order valence-corrected chi connectivity index (χ1v) is 13.3. The van der Waals surface area contributed by atoms with Crippen molar-refractivity contribution in [1.29, 1.82) is 0 Å². The molecule has 6 atom stereocenters. The van der Waals surface area contributed by atoms with Crippen molar-refractivity contribution in [2.45, 2.75) is 50.2 Å². The van der Waals surface area contributed by atoms with Crippen molar-refractivity contribution in [2.24, 2.45) is 23.7 Å². The number of fused-ring (bicyclic) bond motifs is 3. The second-order valence-corrected chi connectivity index (χ2v) is 11.0. The Kier molecular flexibility index (Phi) is 6.31. The Hall–Kier alpha value is -2.78. The number of hydrogen-bond donors (Lipinski definition) is 3. The first-order valence-electron chi connectivity index (χ1n) is 13.3. The van der Waals surface area contributed by atoms with Gasteiger partial charge in [-0.25, -0.2) is 0 Å².